The highest BCUT2D eigenvalue weighted by Crippen LogP contribution is 2.22. The lowest BCUT2D eigenvalue weighted by Crippen LogP contribution is -2.48. The number of hydrogen-bond donors (Lipinski definition) is 2. The molecule has 0 saturated carbocycles. The van der Waals surface area contributed by atoms with Crippen molar-refractivity contribution >= 4 is 5.91 Å². The summed E-state index contributed by atoms with van der Waals surface area (Å²) in [5, 5.41) is 3.33. The number of nitrogens with zero attached hydrogens (tertiary/aromatic N) is 1. The van der Waals surface area contributed by atoms with Gasteiger partial charge in [-0.25, -0.2) is 0 Å². The van der Waals surface area contributed by atoms with Gasteiger partial charge in [0.25, 0.3) is 0 Å². The predicted molar refractivity (Wildman–Crippen MR) is 41.0 cm³/mol. The monoisotopic (exact) mass is 155 g/mol. The van der Waals surface area contributed by atoms with E-state index in [9.17, 15) is 4.79 Å². The molecule has 62 valence electrons. The quantitative estimate of drug-likeness (QED) is 0.485. The first-order valence-electron chi connectivity index (χ1n) is 4.04. The van der Waals surface area contributed by atoms with Gasteiger partial charge in [-0.1, -0.05) is 0 Å². The van der Waals surface area contributed by atoms with Crippen molar-refractivity contribution in [2.45, 2.75) is 18.5 Å². The minimum atomic E-state index is 0.0963. The third kappa shape index (κ3) is 1.02. The van der Waals surface area contributed by atoms with Crippen LogP contribution in [0.15, 0.2) is 0 Å². The maximum atomic E-state index is 11.2. The van der Waals surface area contributed by atoms with Gasteiger partial charge in [0, 0.05) is 25.2 Å². The molecule has 4 heteroatoms. The molecule has 3 N–H and O–H groups in total. The van der Waals surface area contributed by atoms with Crippen LogP contribution in [0.5, 0.6) is 0 Å². The van der Waals surface area contributed by atoms with Gasteiger partial charge in [0.05, 0.1) is 6.54 Å². The van der Waals surface area contributed by atoms with Gasteiger partial charge in [0.2, 0.25) is 5.91 Å². The summed E-state index contributed by atoms with van der Waals surface area (Å²) >= 11 is 0. The summed E-state index contributed by atoms with van der Waals surface area (Å²) in [5.41, 5.74) is 5.27. The van der Waals surface area contributed by atoms with E-state index in [1.165, 1.54) is 0 Å². The van der Waals surface area contributed by atoms with Crippen molar-refractivity contribution in [3.05, 3.63) is 0 Å². The summed E-state index contributed by atoms with van der Waals surface area (Å²) in [6.45, 7) is 1.97. The maximum Gasteiger partial charge on any atom is 0.236 e. The van der Waals surface area contributed by atoms with Crippen LogP contribution in [0.3, 0.4) is 0 Å². The normalized spacial score (nSPS) is 34.8. The van der Waals surface area contributed by atoms with Crippen LogP contribution in [0.1, 0.15) is 6.42 Å². The van der Waals surface area contributed by atoms with Crippen LogP contribution in [0.4, 0.5) is 0 Å². The molecule has 2 aliphatic rings. The standard InChI is InChI=1S/C7H13N3O/c8-2-7(11)10-4-5-1-6(10)3-9-5/h5-6,9H,1-4,8H2. The number of likely N-dealkylation sites (tertiary alicyclic amines) is 1. The first kappa shape index (κ1) is 7.06. The zero-order chi connectivity index (χ0) is 7.84. The van der Waals surface area contributed by atoms with Gasteiger partial charge in [-0.2, -0.15) is 0 Å². The van der Waals surface area contributed by atoms with E-state index in [1.54, 1.807) is 0 Å². The molecule has 0 spiro atoms. The highest BCUT2D eigenvalue weighted by molar-refractivity contribution is 5.79. The summed E-state index contributed by atoms with van der Waals surface area (Å²) in [6, 6.07) is 0.964. The fourth-order valence-electron chi connectivity index (χ4n) is 1.98. The summed E-state index contributed by atoms with van der Waals surface area (Å²) in [6.07, 6.45) is 1.12. The van der Waals surface area contributed by atoms with Crippen molar-refractivity contribution in [1.82, 2.24) is 10.2 Å². The number of amides is 1. The highest BCUT2D eigenvalue weighted by Gasteiger charge is 2.39. The Labute approximate surface area is 65.7 Å². The molecular formula is C7H13N3O. The van der Waals surface area contributed by atoms with Crippen molar-refractivity contribution in [1.29, 1.82) is 0 Å². The Balaban J connectivity index is 2.02. The lowest BCUT2D eigenvalue weighted by Gasteiger charge is -2.26. The van der Waals surface area contributed by atoms with Gasteiger partial charge >= 0.3 is 0 Å². The van der Waals surface area contributed by atoms with E-state index < -0.39 is 0 Å². The zero-order valence-electron chi connectivity index (χ0n) is 6.42. The second kappa shape index (κ2) is 2.46. The average Bonchev–Trinajstić information content (AvgIpc) is 2.62. The van der Waals surface area contributed by atoms with E-state index in [0.717, 1.165) is 19.5 Å². The van der Waals surface area contributed by atoms with Crippen LogP contribution in [-0.4, -0.2) is 42.5 Å². The summed E-state index contributed by atoms with van der Waals surface area (Å²) in [4.78, 5) is 13.1. The minimum Gasteiger partial charge on any atom is -0.336 e. The number of hydrogen-bond acceptors (Lipinski definition) is 3. The molecule has 0 aromatic carbocycles. The molecule has 2 unspecified atom stereocenters. The van der Waals surface area contributed by atoms with E-state index in [1.807, 2.05) is 4.90 Å². The Morgan fingerprint density at radius 2 is 2.55 bits per heavy atom. The largest absolute Gasteiger partial charge is 0.336 e. The molecule has 2 heterocycles. The Bertz CT molecular complexity index is 183. The number of fused-ring (bicyclic) bond motifs is 2. The number of carbonyl (C=O) groups excluding carboxylic acids is 1. The highest BCUT2D eigenvalue weighted by atomic mass is 16.2. The van der Waals surface area contributed by atoms with E-state index in [-0.39, 0.29) is 12.5 Å². The lowest BCUT2D eigenvalue weighted by molar-refractivity contribution is -0.130. The average molecular weight is 155 g/mol. The number of nitrogens with one attached hydrogen (secondary N) is 1. The first-order valence-corrected chi connectivity index (χ1v) is 4.04. The van der Waals surface area contributed by atoms with Crippen molar-refractivity contribution in [2.75, 3.05) is 19.6 Å². The van der Waals surface area contributed by atoms with Crippen LogP contribution in [0.25, 0.3) is 0 Å². The molecule has 2 rings (SSSR count). The topological polar surface area (TPSA) is 58.4 Å². The summed E-state index contributed by atoms with van der Waals surface area (Å²) in [5.74, 6) is 0.0963. The van der Waals surface area contributed by atoms with Crippen molar-refractivity contribution in [3.8, 4) is 0 Å². The second-order valence-corrected chi connectivity index (χ2v) is 3.24. The fraction of sp³-hybridized carbons (Fsp3) is 0.857. The molecular weight excluding hydrogens is 142 g/mol. The molecule has 2 bridgehead atoms. The third-order valence-electron chi connectivity index (χ3n) is 2.55. The van der Waals surface area contributed by atoms with Crippen molar-refractivity contribution in [3.63, 3.8) is 0 Å². The smallest absolute Gasteiger partial charge is 0.236 e. The summed E-state index contributed by atoms with van der Waals surface area (Å²) in [7, 11) is 0. The molecule has 0 radical (unpaired) electrons. The molecule has 2 saturated heterocycles. The van der Waals surface area contributed by atoms with Gasteiger partial charge in [-0.05, 0) is 6.42 Å². The number of carbonyl (C=O) groups is 1. The SMILES string of the molecule is NCC(=O)N1CC2CC1CN2. The van der Waals surface area contributed by atoms with Crippen molar-refractivity contribution in [2.24, 2.45) is 5.73 Å². The van der Waals surface area contributed by atoms with E-state index in [0.29, 0.717) is 12.1 Å². The second-order valence-electron chi connectivity index (χ2n) is 3.24. The Morgan fingerprint density at radius 1 is 1.73 bits per heavy atom. The van der Waals surface area contributed by atoms with Crippen LogP contribution in [-0.2, 0) is 4.79 Å². The van der Waals surface area contributed by atoms with E-state index in [2.05, 4.69) is 5.32 Å². The van der Waals surface area contributed by atoms with Crippen LogP contribution < -0.4 is 11.1 Å². The minimum absolute atomic E-state index is 0.0963. The number of piperazine rings is 1. The molecule has 0 aromatic heterocycles. The Hall–Kier alpha value is -0.610. The lowest BCUT2D eigenvalue weighted by atomic mass is 10.2. The molecule has 0 aliphatic carbocycles. The zero-order valence-corrected chi connectivity index (χ0v) is 6.42. The molecule has 1 amide bonds. The molecule has 4 nitrogen and oxygen atoms in total. The van der Waals surface area contributed by atoms with E-state index >= 15 is 0 Å². The molecule has 0 aromatic rings. The molecule has 2 fully saturated rings. The van der Waals surface area contributed by atoms with Crippen LogP contribution in [0, 0.1) is 0 Å². The number of rotatable bonds is 1. The molecule has 2 aliphatic heterocycles. The molecule has 2 atom stereocenters. The summed E-state index contributed by atoms with van der Waals surface area (Å²) < 4.78 is 0. The van der Waals surface area contributed by atoms with Crippen LogP contribution >= 0.6 is 0 Å². The van der Waals surface area contributed by atoms with Crippen molar-refractivity contribution < 1.29 is 4.79 Å². The van der Waals surface area contributed by atoms with E-state index in [4.69, 9.17) is 5.73 Å². The van der Waals surface area contributed by atoms with Gasteiger partial charge in [0.15, 0.2) is 0 Å². The van der Waals surface area contributed by atoms with Gasteiger partial charge < -0.3 is 16.0 Å². The predicted octanol–water partition coefficient (Wildman–Crippen LogP) is -1.48. The molecule has 11 heavy (non-hydrogen) atoms. The van der Waals surface area contributed by atoms with Gasteiger partial charge in [0.1, 0.15) is 0 Å². The fourth-order valence-corrected chi connectivity index (χ4v) is 1.98. The van der Waals surface area contributed by atoms with Gasteiger partial charge in [-0.3, -0.25) is 4.79 Å². The van der Waals surface area contributed by atoms with Crippen LogP contribution in [0.2, 0.25) is 0 Å². The van der Waals surface area contributed by atoms with Gasteiger partial charge in [-0.15, -0.1) is 0 Å². The first-order chi connectivity index (χ1) is 5.31. The third-order valence-corrected chi connectivity index (χ3v) is 2.55. The Kier molecular flexibility index (Phi) is 1.58. The maximum absolute atomic E-state index is 11.2. The Morgan fingerprint density at radius 3 is 3.00 bits per heavy atom. The number of nitrogens with two attached hydrogens (primary N) is 1.